The highest BCUT2D eigenvalue weighted by molar-refractivity contribution is 6.01. The van der Waals surface area contributed by atoms with E-state index in [0.29, 0.717) is 30.9 Å². The first-order valence-electron chi connectivity index (χ1n) is 8.17. The van der Waals surface area contributed by atoms with Crippen molar-refractivity contribution in [2.75, 3.05) is 23.3 Å². The average molecular weight is 333 g/mol. The Kier molecular flexibility index (Phi) is 4.78. The predicted molar refractivity (Wildman–Crippen MR) is 87.2 cm³/mol. The van der Waals surface area contributed by atoms with Gasteiger partial charge in [0.15, 0.2) is 0 Å². The first-order chi connectivity index (χ1) is 11.6. The standard InChI is InChI=1S/C17H20FN3O3/c18-13-9-12(19-14-2-4-16(23)20-17(14)24)1-3-15(13)21-7-5-11(10-22)6-8-21/h1,3,9-11,14,19H,2,4-8H2,(H,20,23,24)/t14-/m0/s1. The number of hydrogen-bond acceptors (Lipinski definition) is 5. The Morgan fingerprint density at radius 1 is 1.21 bits per heavy atom. The van der Waals surface area contributed by atoms with Crippen molar-refractivity contribution in [2.45, 2.75) is 31.7 Å². The Labute approximate surface area is 139 Å². The molecule has 0 radical (unpaired) electrons. The Hall–Kier alpha value is -2.44. The Bertz CT molecular complexity index is 656. The van der Waals surface area contributed by atoms with Gasteiger partial charge in [-0.25, -0.2) is 4.39 Å². The largest absolute Gasteiger partial charge is 0.374 e. The van der Waals surface area contributed by atoms with Crippen molar-refractivity contribution < 1.29 is 18.8 Å². The summed E-state index contributed by atoms with van der Waals surface area (Å²) in [5.41, 5.74) is 1.02. The van der Waals surface area contributed by atoms with Crippen LogP contribution in [0.3, 0.4) is 0 Å². The Morgan fingerprint density at radius 3 is 2.58 bits per heavy atom. The lowest BCUT2D eigenvalue weighted by Gasteiger charge is -2.32. The molecule has 128 valence electrons. The van der Waals surface area contributed by atoms with Gasteiger partial charge in [-0.2, -0.15) is 0 Å². The zero-order valence-electron chi connectivity index (χ0n) is 13.3. The third-order valence-electron chi connectivity index (χ3n) is 4.60. The monoisotopic (exact) mass is 333 g/mol. The Balaban J connectivity index is 1.65. The third kappa shape index (κ3) is 3.55. The van der Waals surface area contributed by atoms with Crippen LogP contribution in [0, 0.1) is 11.7 Å². The first kappa shape index (κ1) is 16.4. The van der Waals surface area contributed by atoms with Crippen molar-refractivity contribution in [1.29, 1.82) is 0 Å². The molecule has 7 heteroatoms. The SMILES string of the molecule is O=CC1CCN(c2ccc(N[C@H]3CCC(=O)NC3=O)cc2F)CC1. The molecule has 3 rings (SSSR count). The van der Waals surface area contributed by atoms with E-state index in [4.69, 9.17) is 0 Å². The summed E-state index contributed by atoms with van der Waals surface area (Å²) in [6.07, 6.45) is 3.11. The summed E-state index contributed by atoms with van der Waals surface area (Å²) in [4.78, 5) is 35.6. The number of piperidine rings is 2. The molecule has 0 aromatic heterocycles. The minimum atomic E-state index is -0.531. The number of imide groups is 1. The second-order valence-electron chi connectivity index (χ2n) is 6.27. The number of nitrogens with one attached hydrogen (secondary N) is 2. The number of benzene rings is 1. The number of halogens is 1. The summed E-state index contributed by atoms with van der Waals surface area (Å²) in [5.74, 6) is -0.959. The summed E-state index contributed by atoms with van der Waals surface area (Å²) >= 11 is 0. The number of rotatable bonds is 4. The van der Waals surface area contributed by atoms with Crippen LogP contribution >= 0.6 is 0 Å². The summed E-state index contributed by atoms with van der Waals surface area (Å²) in [6.45, 7) is 1.31. The van der Waals surface area contributed by atoms with Crippen LogP contribution in [-0.4, -0.2) is 37.2 Å². The van der Waals surface area contributed by atoms with Crippen molar-refractivity contribution in [1.82, 2.24) is 5.32 Å². The van der Waals surface area contributed by atoms with Gasteiger partial charge in [-0.15, -0.1) is 0 Å². The Morgan fingerprint density at radius 2 is 1.96 bits per heavy atom. The van der Waals surface area contributed by atoms with Crippen LogP contribution in [0.2, 0.25) is 0 Å². The quantitative estimate of drug-likeness (QED) is 0.644. The van der Waals surface area contributed by atoms with Crippen molar-refractivity contribution >= 4 is 29.5 Å². The van der Waals surface area contributed by atoms with Crippen LogP contribution in [0.15, 0.2) is 18.2 Å². The summed E-state index contributed by atoms with van der Waals surface area (Å²) in [7, 11) is 0. The van der Waals surface area contributed by atoms with Crippen LogP contribution in [0.4, 0.5) is 15.8 Å². The van der Waals surface area contributed by atoms with E-state index in [-0.39, 0.29) is 30.0 Å². The summed E-state index contributed by atoms with van der Waals surface area (Å²) in [5, 5.41) is 5.24. The van der Waals surface area contributed by atoms with Gasteiger partial charge in [0, 0.05) is 31.1 Å². The first-order valence-corrected chi connectivity index (χ1v) is 8.17. The molecule has 24 heavy (non-hydrogen) atoms. The number of anilines is 2. The van der Waals surface area contributed by atoms with E-state index in [0.717, 1.165) is 19.1 Å². The minimum absolute atomic E-state index is 0.0674. The van der Waals surface area contributed by atoms with E-state index in [1.807, 2.05) is 4.90 Å². The highest BCUT2D eigenvalue weighted by Crippen LogP contribution is 2.27. The van der Waals surface area contributed by atoms with Crippen molar-refractivity contribution in [3.05, 3.63) is 24.0 Å². The number of nitrogens with zero attached hydrogens (tertiary/aromatic N) is 1. The molecule has 6 nitrogen and oxygen atoms in total. The maximum Gasteiger partial charge on any atom is 0.249 e. The number of hydrogen-bond donors (Lipinski definition) is 2. The zero-order valence-corrected chi connectivity index (χ0v) is 13.3. The number of amides is 2. The van der Waals surface area contributed by atoms with E-state index < -0.39 is 6.04 Å². The van der Waals surface area contributed by atoms with Gasteiger partial charge in [0.05, 0.1) is 5.69 Å². The molecule has 0 spiro atoms. The molecule has 1 aromatic carbocycles. The fourth-order valence-electron chi connectivity index (χ4n) is 3.16. The predicted octanol–water partition coefficient (Wildman–Crippen LogP) is 1.46. The molecule has 1 atom stereocenters. The fraction of sp³-hybridized carbons (Fsp3) is 0.471. The van der Waals surface area contributed by atoms with E-state index >= 15 is 0 Å². The molecule has 2 saturated heterocycles. The topological polar surface area (TPSA) is 78.5 Å². The molecular weight excluding hydrogens is 313 g/mol. The van der Waals surface area contributed by atoms with Crippen molar-refractivity contribution in [3.63, 3.8) is 0 Å². The zero-order chi connectivity index (χ0) is 17.1. The van der Waals surface area contributed by atoms with Gasteiger partial charge < -0.3 is 15.0 Å². The van der Waals surface area contributed by atoms with E-state index in [9.17, 15) is 18.8 Å². The van der Waals surface area contributed by atoms with E-state index in [2.05, 4.69) is 10.6 Å². The van der Waals surface area contributed by atoms with Gasteiger partial charge in [-0.1, -0.05) is 0 Å². The average Bonchev–Trinajstić information content (AvgIpc) is 2.58. The van der Waals surface area contributed by atoms with Crippen LogP contribution in [-0.2, 0) is 14.4 Å². The molecule has 0 bridgehead atoms. The fourth-order valence-corrected chi connectivity index (χ4v) is 3.16. The molecule has 2 N–H and O–H groups in total. The number of carbonyl (C=O) groups is 3. The van der Waals surface area contributed by atoms with Gasteiger partial charge in [0.1, 0.15) is 18.1 Å². The molecule has 0 unspecified atom stereocenters. The summed E-state index contributed by atoms with van der Waals surface area (Å²) in [6, 6.07) is 4.25. The van der Waals surface area contributed by atoms with Crippen LogP contribution in [0.1, 0.15) is 25.7 Å². The van der Waals surface area contributed by atoms with Gasteiger partial charge in [-0.05, 0) is 37.5 Å². The second kappa shape index (κ2) is 6.98. The molecule has 2 aliphatic rings. The summed E-state index contributed by atoms with van der Waals surface area (Å²) < 4.78 is 14.4. The molecule has 2 heterocycles. The molecule has 0 aliphatic carbocycles. The molecular formula is C17H20FN3O3. The molecule has 1 aromatic rings. The van der Waals surface area contributed by atoms with Crippen LogP contribution in [0.5, 0.6) is 0 Å². The second-order valence-corrected chi connectivity index (χ2v) is 6.27. The van der Waals surface area contributed by atoms with E-state index in [1.165, 1.54) is 6.07 Å². The van der Waals surface area contributed by atoms with Gasteiger partial charge in [0.25, 0.3) is 0 Å². The normalized spacial score (nSPS) is 22.2. The van der Waals surface area contributed by atoms with Gasteiger partial charge in [0.2, 0.25) is 11.8 Å². The molecule has 2 fully saturated rings. The highest BCUT2D eigenvalue weighted by atomic mass is 19.1. The molecule has 0 saturated carbocycles. The van der Waals surface area contributed by atoms with Gasteiger partial charge in [-0.3, -0.25) is 14.9 Å². The highest BCUT2D eigenvalue weighted by Gasteiger charge is 2.27. The van der Waals surface area contributed by atoms with Crippen molar-refractivity contribution in [2.24, 2.45) is 5.92 Å². The smallest absolute Gasteiger partial charge is 0.249 e. The number of aldehydes is 1. The van der Waals surface area contributed by atoms with Crippen LogP contribution in [0.25, 0.3) is 0 Å². The van der Waals surface area contributed by atoms with Gasteiger partial charge >= 0.3 is 0 Å². The minimum Gasteiger partial charge on any atom is -0.374 e. The molecule has 2 aliphatic heterocycles. The lowest BCUT2D eigenvalue weighted by molar-refractivity contribution is -0.133. The maximum absolute atomic E-state index is 14.4. The molecule has 2 amide bonds. The lowest BCUT2D eigenvalue weighted by Crippen LogP contribution is -2.47. The lowest BCUT2D eigenvalue weighted by atomic mass is 9.98. The number of carbonyl (C=O) groups excluding carboxylic acids is 3. The van der Waals surface area contributed by atoms with Crippen molar-refractivity contribution in [3.8, 4) is 0 Å². The van der Waals surface area contributed by atoms with E-state index in [1.54, 1.807) is 12.1 Å². The third-order valence-corrected chi connectivity index (χ3v) is 4.60. The maximum atomic E-state index is 14.4. The van der Waals surface area contributed by atoms with Crippen LogP contribution < -0.4 is 15.5 Å².